The second-order valence-electron chi connectivity index (χ2n) is 5.48. The van der Waals surface area contributed by atoms with Crippen LogP contribution >= 0.6 is 0 Å². The van der Waals surface area contributed by atoms with Gasteiger partial charge in [-0.3, -0.25) is 0 Å². The van der Waals surface area contributed by atoms with Gasteiger partial charge in [-0.05, 0) is 32.1 Å². The predicted octanol–water partition coefficient (Wildman–Crippen LogP) is 3.07. The summed E-state index contributed by atoms with van der Waals surface area (Å²) < 4.78 is 0. The Morgan fingerprint density at radius 1 is 1.19 bits per heavy atom. The van der Waals surface area contributed by atoms with Crippen LogP contribution in [0, 0.1) is 11.8 Å². The van der Waals surface area contributed by atoms with E-state index in [1.165, 1.54) is 0 Å². The monoisotopic (exact) mass is 232 g/mol. The van der Waals surface area contributed by atoms with Crippen LogP contribution in [0.3, 0.4) is 0 Å². The minimum absolute atomic E-state index is 0.0637. The maximum atomic E-state index is 5.35. The van der Waals surface area contributed by atoms with E-state index in [2.05, 4.69) is 27.7 Å². The Hall–Kier alpha value is -0.160. The summed E-state index contributed by atoms with van der Waals surface area (Å²) in [4.78, 5) is 20.7. The molecule has 0 aliphatic carbocycles. The quantitative estimate of drug-likeness (QED) is 0.521. The van der Waals surface area contributed by atoms with Gasteiger partial charge in [0.25, 0.3) is 5.79 Å². The van der Waals surface area contributed by atoms with Gasteiger partial charge in [-0.2, -0.15) is 9.78 Å². The maximum absolute atomic E-state index is 5.35. The standard InChI is InChI=1S/C12H24O4/c1-8(2)7-10(5)13-15-12(6)11(9(3)4)14-16-12/h8-11H,7H2,1-6H3. The zero-order valence-electron chi connectivity index (χ0n) is 11.1. The Labute approximate surface area is 98.1 Å². The Morgan fingerprint density at radius 2 is 1.81 bits per heavy atom. The summed E-state index contributed by atoms with van der Waals surface area (Å²) in [5, 5.41) is 0. The molecule has 0 aromatic carbocycles. The van der Waals surface area contributed by atoms with Crippen molar-refractivity contribution >= 4 is 0 Å². The summed E-state index contributed by atoms with van der Waals surface area (Å²) >= 11 is 0. The fourth-order valence-electron chi connectivity index (χ4n) is 1.90. The normalized spacial score (nSPS) is 31.9. The third kappa shape index (κ3) is 3.42. The summed E-state index contributed by atoms with van der Waals surface area (Å²) in [6.45, 7) is 12.3. The fraction of sp³-hybridized carbons (Fsp3) is 1.00. The molecule has 0 saturated carbocycles. The smallest absolute Gasteiger partial charge is 0.230 e. The van der Waals surface area contributed by atoms with Gasteiger partial charge in [0, 0.05) is 0 Å². The highest BCUT2D eigenvalue weighted by Crippen LogP contribution is 2.36. The molecule has 4 nitrogen and oxygen atoms in total. The summed E-state index contributed by atoms with van der Waals surface area (Å²) in [6.07, 6.45) is 0.955. The number of hydrogen-bond donors (Lipinski definition) is 0. The molecule has 1 aliphatic heterocycles. The topological polar surface area (TPSA) is 36.9 Å². The van der Waals surface area contributed by atoms with Crippen molar-refractivity contribution in [3.63, 3.8) is 0 Å². The van der Waals surface area contributed by atoms with Crippen molar-refractivity contribution in [3.05, 3.63) is 0 Å². The van der Waals surface area contributed by atoms with Gasteiger partial charge < -0.3 is 0 Å². The molecule has 0 N–H and O–H groups in total. The molecule has 16 heavy (non-hydrogen) atoms. The van der Waals surface area contributed by atoms with E-state index in [0.29, 0.717) is 11.8 Å². The zero-order chi connectivity index (χ0) is 12.3. The molecular weight excluding hydrogens is 208 g/mol. The highest BCUT2D eigenvalue weighted by Gasteiger charge is 2.52. The Bertz CT molecular complexity index is 217. The van der Waals surface area contributed by atoms with Crippen molar-refractivity contribution < 1.29 is 19.6 Å². The Kier molecular flexibility index (Phi) is 4.73. The molecule has 1 fully saturated rings. The van der Waals surface area contributed by atoms with Crippen molar-refractivity contribution in [1.82, 2.24) is 0 Å². The summed E-state index contributed by atoms with van der Waals surface area (Å²) in [6, 6.07) is 0. The van der Waals surface area contributed by atoms with Crippen LogP contribution in [-0.2, 0) is 19.6 Å². The maximum Gasteiger partial charge on any atom is 0.260 e. The zero-order valence-corrected chi connectivity index (χ0v) is 11.1. The lowest BCUT2D eigenvalue weighted by Crippen LogP contribution is -2.58. The first kappa shape index (κ1) is 13.9. The minimum atomic E-state index is -0.764. The molecule has 0 bridgehead atoms. The van der Waals surface area contributed by atoms with E-state index in [0.717, 1.165) is 6.42 Å². The van der Waals surface area contributed by atoms with Gasteiger partial charge >= 0.3 is 0 Å². The van der Waals surface area contributed by atoms with Crippen molar-refractivity contribution in [1.29, 1.82) is 0 Å². The Balaban J connectivity index is 2.31. The molecule has 0 aromatic heterocycles. The van der Waals surface area contributed by atoms with E-state index >= 15 is 0 Å². The molecule has 1 aliphatic rings. The molecule has 1 rings (SSSR count). The Morgan fingerprint density at radius 3 is 2.19 bits per heavy atom. The highest BCUT2D eigenvalue weighted by molar-refractivity contribution is 4.81. The number of hydrogen-bond acceptors (Lipinski definition) is 4. The van der Waals surface area contributed by atoms with E-state index < -0.39 is 5.79 Å². The van der Waals surface area contributed by atoms with Crippen LogP contribution in [0.15, 0.2) is 0 Å². The van der Waals surface area contributed by atoms with Crippen molar-refractivity contribution in [2.24, 2.45) is 11.8 Å². The van der Waals surface area contributed by atoms with E-state index in [1.54, 1.807) is 0 Å². The van der Waals surface area contributed by atoms with Crippen LogP contribution in [0.1, 0.15) is 48.0 Å². The van der Waals surface area contributed by atoms with Gasteiger partial charge in [-0.1, -0.05) is 27.7 Å². The summed E-state index contributed by atoms with van der Waals surface area (Å²) in [5.74, 6) is 0.160. The van der Waals surface area contributed by atoms with Crippen molar-refractivity contribution in [3.8, 4) is 0 Å². The van der Waals surface area contributed by atoms with Crippen LogP contribution in [-0.4, -0.2) is 18.0 Å². The predicted molar refractivity (Wildman–Crippen MR) is 60.3 cm³/mol. The second kappa shape index (κ2) is 5.45. The van der Waals surface area contributed by atoms with Gasteiger partial charge in [0.1, 0.15) is 0 Å². The van der Waals surface area contributed by atoms with Crippen LogP contribution in [0.4, 0.5) is 0 Å². The van der Waals surface area contributed by atoms with Crippen LogP contribution in [0.5, 0.6) is 0 Å². The molecule has 0 aromatic rings. The van der Waals surface area contributed by atoms with Gasteiger partial charge in [-0.15, -0.1) is 0 Å². The number of rotatable bonds is 6. The molecule has 1 saturated heterocycles. The lowest BCUT2D eigenvalue weighted by atomic mass is 9.99. The molecule has 4 heteroatoms. The summed E-state index contributed by atoms with van der Waals surface area (Å²) in [7, 11) is 0. The van der Waals surface area contributed by atoms with Crippen LogP contribution in [0.25, 0.3) is 0 Å². The first-order valence-electron chi connectivity index (χ1n) is 6.04. The average molecular weight is 232 g/mol. The van der Waals surface area contributed by atoms with E-state index in [-0.39, 0.29) is 12.2 Å². The first-order valence-corrected chi connectivity index (χ1v) is 6.04. The van der Waals surface area contributed by atoms with Gasteiger partial charge in [0.2, 0.25) is 0 Å². The molecule has 0 radical (unpaired) electrons. The van der Waals surface area contributed by atoms with E-state index in [1.807, 2.05) is 13.8 Å². The SMILES string of the molecule is CC(C)CC(C)OOC1(C)OOC1C(C)C. The molecule has 3 atom stereocenters. The first-order chi connectivity index (χ1) is 7.35. The molecule has 96 valence electrons. The molecule has 3 unspecified atom stereocenters. The van der Waals surface area contributed by atoms with Crippen LogP contribution in [0.2, 0.25) is 0 Å². The molecule has 0 amide bonds. The molecular formula is C12H24O4. The minimum Gasteiger partial charge on any atom is -0.230 e. The lowest BCUT2D eigenvalue weighted by Gasteiger charge is -2.44. The largest absolute Gasteiger partial charge is 0.260 e. The molecule has 0 spiro atoms. The highest BCUT2D eigenvalue weighted by atomic mass is 17.4. The van der Waals surface area contributed by atoms with E-state index in [9.17, 15) is 0 Å². The van der Waals surface area contributed by atoms with Crippen LogP contribution < -0.4 is 0 Å². The third-order valence-corrected chi connectivity index (χ3v) is 2.62. The lowest BCUT2D eigenvalue weighted by molar-refractivity contribution is -0.626. The summed E-state index contributed by atoms with van der Waals surface area (Å²) in [5.41, 5.74) is 0. The van der Waals surface area contributed by atoms with Crippen molar-refractivity contribution in [2.75, 3.05) is 0 Å². The van der Waals surface area contributed by atoms with Gasteiger partial charge in [-0.25, -0.2) is 9.78 Å². The van der Waals surface area contributed by atoms with E-state index in [4.69, 9.17) is 19.6 Å². The van der Waals surface area contributed by atoms with Gasteiger partial charge in [0.15, 0.2) is 6.10 Å². The second-order valence-corrected chi connectivity index (χ2v) is 5.48. The van der Waals surface area contributed by atoms with Crippen molar-refractivity contribution in [2.45, 2.75) is 66.0 Å². The fourth-order valence-corrected chi connectivity index (χ4v) is 1.90. The van der Waals surface area contributed by atoms with Gasteiger partial charge in [0.05, 0.1) is 6.10 Å². The molecule has 1 heterocycles. The average Bonchev–Trinajstić information content (AvgIpc) is 2.10. The third-order valence-electron chi connectivity index (χ3n) is 2.62.